The van der Waals surface area contributed by atoms with E-state index in [-0.39, 0.29) is 0 Å². The van der Waals surface area contributed by atoms with Crippen LogP contribution in [-0.4, -0.2) is 0 Å². The molecule has 0 nitrogen and oxygen atoms in total. The molecule has 1 saturated carbocycles. The number of hydrogen-bond donors (Lipinski definition) is 0. The Morgan fingerprint density at radius 2 is 1.88 bits per heavy atom. The van der Waals surface area contributed by atoms with E-state index >= 15 is 0 Å². The van der Waals surface area contributed by atoms with Crippen molar-refractivity contribution in [1.29, 1.82) is 0 Å². The SMILES string of the molecule is Cc1cccc(C=C2CCC(C(C)C)CC2)c1. The summed E-state index contributed by atoms with van der Waals surface area (Å²) in [5.41, 5.74) is 4.38. The molecule has 1 aliphatic carbocycles. The molecule has 92 valence electrons. The van der Waals surface area contributed by atoms with Gasteiger partial charge in [0.05, 0.1) is 0 Å². The van der Waals surface area contributed by atoms with Gasteiger partial charge in [0.15, 0.2) is 0 Å². The molecule has 0 heteroatoms. The van der Waals surface area contributed by atoms with Crippen molar-refractivity contribution in [3.8, 4) is 0 Å². The lowest BCUT2D eigenvalue weighted by Crippen LogP contribution is -2.13. The first-order valence-corrected chi connectivity index (χ1v) is 6.91. The second-order valence-corrected chi connectivity index (χ2v) is 5.80. The summed E-state index contributed by atoms with van der Waals surface area (Å²) in [6.45, 7) is 6.89. The zero-order valence-electron chi connectivity index (χ0n) is 11.4. The molecule has 0 heterocycles. The van der Waals surface area contributed by atoms with Crippen LogP contribution in [0.4, 0.5) is 0 Å². The molecular weight excluding hydrogens is 204 g/mol. The van der Waals surface area contributed by atoms with E-state index in [9.17, 15) is 0 Å². The molecular formula is C17H24. The first-order valence-electron chi connectivity index (χ1n) is 6.91. The first-order chi connectivity index (χ1) is 8.15. The Labute approximate surface area is 106 Å². The van der Waals surface area contributed by atoms with Gasteiger partial charge in [0.25, 0.3) is 0 Å². The van der Waals surface area contributed by atoms with Gasteiger partial charge in [-0.05, 0) is 50.0 Å². The Morgan fingerprint density at radius 3 is 2.47 bits per heavy atom. The summed E-state index contributed by atoms with van der Waals surface area (Å²) >= 11 is 0. The molecule has 0 saturated heterocycles. The maximum absolute atomic E-state index is 2.41. The zero-order chi connectivity index (χ0) is 12.3. The zero-order valence-corrected chi connectivity index (χ0v) is 11.4. The van der Waals surface area contributed by atoms with E-state index in [0.717, 1.165) is 11.8 Å². The molecule has 0 N–H and O–H groups in total. The van der Waals surface area contributed by atoms with Crippen molar-refractivity contribution in [2.75, 3.05) is 0 Å². The average molecular weight is 228 g/mol. The van der Waals surface area contributed by atoms with E-state index in [1.165, 1.54) is 36.8 Å². The fourth-order valence-corrected chi connectivity index (χ4v) is 2.82. The minimum Gasteiger partial charge on any atom is -0.0696 e. The van der Waals surface area contributed by atoms with Gasteiger partial charge in [0.2, 0.25) is 0 Å². The monoisotopic (exact) mass is 228 g/mol. The van der Waals surface area contributed by atoms with Crippen LogP contribution >= 0.6 is 0 Å². The molecule has 0 bridgehead atoms. The second kappa shape index (κ2) is 5.53. The molecule has 0 aromatic heterocycles. The summed E-state index contributed by atoms with van der Waals surface area (Å²) in [6, 6.07) is 8.81. The smallest absolute Gasteiger partial charge is 0.0254 e. The standard InChI is InChI=1S/C17H24/c1-13(2)17-9-7-15(8-10-17)12-16-6-4-5-14(3)11-16/h4-6,11-13,17H,7-10H2,1-3H3. The van der Waals surface area contributed by atoms with Crippen molar-refractivity contribution in [3.05, 3.63) is 41.0 Å². The Kier molecular flexibility index (Phi) is 4.04. The highest BCUT2D eigenvalue weighted by molar-refractivity contribution is 5.53. The Balaban J connectivity index is 2.01. The third kappa shape index (κ3) is 3.46. The van der Waals surface area contributed by atoms with Crippen molar-refractivity contribution in [2.24, 2.45) is 11.8 Å². The predicted octanol–water partition coefficient (Wildman–Crippen LogP) is 5.22. The van der Waals surface area contributed by atoms with E-state index in [2.05, 4.69) is 51.1 Å². The van der Waals surface area contributed by atoms with Crippen molar-refractivity contribution >= 4 is 6.08 Å². The van der Waals surface area contributed by atoms with Crippen LogP contribution in [-0.2, 0) is 0 Å². The molecule has 1 fully saturated rings. The van der Waals surface area contributed by atoms with Gasteiger partial charge >= 0.3 is 0 Å². The van der Waals surface area contributed by atoms with E-state index in [4.69, 9.17) is 0 Å². The molecule has 1 aromatic rings. The summed E-state index contributed by atoms with van der Waals surface area (Å²) in [4.78, 5) is 0. The van der Waals surface area contributed by atoms with Crippen LogP contribution in [0.1, 0.15) is 50.7 Å². The summed E-state index contributed by atoms with van der Waals surface area (Å²) in [5.74, 6) is 1.81. The molecule has 2 rings (SSSR count). The third-order valence-electron chi connectivity index (χ3n) is 4.03. The molecule has 0 amide bonds. The minimum atomic E-state index is 0.857. The molecule has 0 radical (unpaired) electrons. The molecule has 0 aliphatic heterocycles. The van der Waals surface area contributed by atoms with Crippen LogP contribution in [0.25, 0.3) is 6.08 Å². The van der Waals surface area contributed by atoms with Crippen LogP contribution < -0.4 is 0 Å². The topological polar surface area (TPSA) is 0 Å². The number of allylic oxidation sites excluding steroid dienone is 1. The van der Waals surface area contributed by atoms with Gasteiger partial charge in [0, 0.05) is 0 Å². The maximum Gasteiger partial charge on any atom is -0.0254 e. The first kappa shape index (κ1) is 12.4. The summed E-state index contributed by atoms with van der Waals surface area (Å²) in [6.07, 6.45) is 7.78. The normalized spacial score (nSPS) is 20.7. The fraction of sp³-hybridized carbons (Fsp3) is 0.529. The van der Waals surface area contributed by atoms with Crippen molar-refractivity contribution in [2.45, 2.75) is 46.5 Å². The fourth-order valence-electron chi connectivity index (χ4n) is 2.82. The van der Waals surface area contributed by atoms with E-state index < -0.39 is 0 Å². The highest BCUT2D eigenvalue weighted by Gasteiger charge is 2.18. The largest absolute Gasteiger partial charge is 0.0696 e. The van der Waals surface area contributed by atoms with Crippen LogP contribution in [0.15, 0.2) is 29.8 Å². The number of aryl methyl sites for hydroxylation is 1. The van der Waals surface area contributed by atoms with Gasteiger partial charge in [-0.25, -0.2) is 0 Å². The van der Waals surface area contributed by atoms with Crippen LogP contribution in [0.3, 0.4) is 0 Å². The molecule has 0 unspecified atom stereocenters. The van der Waals surface area contributed by atoms with E-state index in [0.29, 0.717) is 0 Å². The van der Waals surface area contributed by atoms with Crippen molar-refractivity contribution < 1.29 is 0 Å². The number of rotatable bonds is 2. The highest BCUT2D eigenvalue weighted by atomic mass is 14.2. The minimum absolute atomic E-state index is 0.857. The highest BCUT2D eigenvalue weighted by Crippen LogP contribution is 2.33. The molecule has 1 aliphatic rings. The maximum atomic E-state index is 2.41. The van der Waals surface area contributed by atoms with Crippen LogP contribution in [0.2, 0.25) is 0 Å². The Hall–Kier alpha value is -1.04. The lowest BCUT2D eigenvalue weighted by atomic mass is 9.79. The van der Waals surface area contributed by atoms with Gasteiger partial charge in [-0.2, -0.15) is 0 Å². The molecule has 0 atom stereocenters. The lowest BCUT2D eigenvalue weighted by Gasteiger charge is -2.27. The van der Waals surface area contributed by atoms with Gasteiger partial charge in [0.1, 0.15) is 0 Å². The van der Waals surface area contributed by atoms with Gasteiger partial charge in [-0.3, -0.25) is 0 Å². The summed E-state index contributed by atoms with van der Waals surface area (Å²) in [5, 5.41) is 0. The lowest BCUT2D eigenvalue weighted by molar-refractivity contribution is 0.312. The van der Waals surface area contributed by atoms with Gasteiger partial charge in [-0.15, -0.1) is 0 Å². The quantitative estimate of drug-likeness (QED) is 0.650. The molecule has 17 heavy (non-hydrogen) atoms. The second-order valence-electron chi connectivity index (χ2n) is 5.80. The Morgan fingerprint density at radius 1 is 1.18 bits per heavy atom. The molecule has 1 aromatic carbocycles. The number of benzene rings is 1. The average Bonchev–Trinajstić information content (AvgIpc) is 2.29. The number of hydrogen-bond acceptors (Lipinski definition) is 0. The van der Waals surface area contributed by atoms with Gasteiger partial charge in [-0.1, -0.05) is 55.3 Å². The van der Waals surface area contributed by atoms with E-state index in [1.54, 1.807) is 5.57 Å². The Bertz CT molecular complexity index is 388. The van der Waals surface area contributed by atoms with Crippen LogP contribution in [0.5, 0.6) is 0 Å². The van der Waals surface area contributed by atoms with Gasteiger partial charge < -0.3 is 0 Å². The molecule has 0 spiro atoms. The van der Waals surface area contributed by atoms with Crippen molar-refractivity contribution in [1.82, 2.24) is 0 Å². The third-order valence-corrected chi connectivity index (χ3v) is 4.03. The van der Waals surface area contributed by atoms with Crippen LogP contribution in [0, 0.1) is 18.8 Å². The van der Waals surface area contributed by atoms with Crippen molar-refractivity contribution in [3.63, 3.8) is 0 Å². The summed E-state index contributed by atoms with van der Waals surface area (Å²) < 4.78 is 0. The summed E-state index contributed by atoms with van der Waals surface area (Å²) in [7, 11) is 0. The van der Waals surface area contributed by atoms with E-state index in [1.807, 2.05) is 0 Å². The predicted molar refractivity (Wildman–Crippen MR) is 76.0 cm³/mol.